The van der Waals surface area contributed by atoms with Crippen LogP contribution in [-0.4, -0.2) is 27.5 Å². The summed E-state index contributed by atoms with van der Waals surface area (Å²) < 4.78 is 4.60. The molecule has 0 bridgehead atoms. The standard InChI is InChI=1S/2C8H5NO2S/c10-8(11)6-1-3-9-7-5(6)2-4-12-7;10-5-11-7-2-1-6-3-4-12-8(6)9-7/h1-4H,(H,10,11);1-5H. The quantitative estimate of drug-likeness (QED) is 0.560. The van der Waals surface area contributed by atoms with Crippen LogP contribution in [0.3, 0.4) is 0 Å². The summed E-state index contributed by atoms with van der Waals surface area (Å²) in [5.41, 5.74) is 0.321. The third-order valence-corrected chi connectivity index (χ3v) is 4.70. The number of ether oxygens (including phenoxy) is 1. The maximum Gasteiger partial charge on any atom is 0.336 e. The number of pyridine rings is 2. The van der Waals surface area contributed by atoms with E-state index in [0.29, 0.717) is 17.9 Å². The number of carboxylic acid groups (broad SMARTS) is 1. The van der Waals surface area contributed by atoms with E-state index in [2.05, 4.69) is 14.7 Å². The predicted octanol–water partition coefficient (Wildman–Crippen LogP) is 3.83. The van der Waals surface area contributed by atoms with E-state index in [9.17, 15) is 9.59 Å². The zero-order chi connectivity index (χ0) is 16.9. The lowest BCUT2D eigenvalue weighted by molar-refractivity contribution is -0.120. The van der Waals surface area contributed by atoms with E-state index >= 15 is 0 Å². The molecule has 0 unspecified atom stereocenters. The van der Waals surface area contributed by atoms with Gasteiger partial charge in [-0.3, -0.25) is 4.79 Å². The van der Waals surface area contributed by atoms with Crippen molar-refractivity contribution < 1.29 is 19.4 Å². The molecule has 6 nitrogen and oxygen atoms in total. The first-order chi connectivity index (χ1) is 11.7. The summed E-state index contributed by atoms with van der Waals surface area (Å²) in [5, 5.41) is 14.3. The van der Waals surface area contributed by atoms with Crippen molar-refractivity contribution in [2.75, 3.05) is 0 Å². The zero-order valence-electron chi connectivity index (χ0n) is 12.1. The molecule has 4 rings (SSSR count). The number of hydrogen-bond acceptors (Lipinski definition) is 7. The highest BCUT2D eigenvalue weighted by molar-refractivity contribution is 7.17. The summed E-state index contributed by atoms with van der Waals surface area (Å²) >= 11 is 2.96. The van der Waals surface area contributed by atoms with Crippen molar-refractivity contribution in [3.8, 4) is 5.88 Å². The van der Waals surface area contributed by atoms with Crippen molar-refractivity contribution in [1.82, 2.24) is 9.97 Å². The molecule has 8 heteroatoms. The second-order valence-electron chi connectivity index (χ2n) is 4.48. The first kappa shape index (κ1) is 16.0. The topological polar surface area (TPSA) is 89.4 Å². The minimum Gasteiger partial charge on any atom is -0.478 e. The van der Waals surface area contributed by atoms with Gasteiger partial charge in [0.15, 0.2) is 0 Å². The molecule has 4 aromatic heterocycles. The van der Waals surface area contributed by atoms with Crippen molar-refractivity contribution in [2.24, 2.45) is 0 Å². The van der Waals surface area contributed by atoms with Gasteiger partial charge in [-0.15, -0.1) is 22.7 Å². The van der Waals surface area contributed by atoms with Crippen LogP contribution < -0.4 is 4.74 Å². The van der Waals surface area contributed by atoms with E-state index in [1.54, 1.807) is 12.1 Å². The van der Waals surface area contributed by atoms with Crippen LogP contribution in [0.15, 0.2) is 47.3 Å². The van der Waals surface area contributed by atoms with Crippen LogP contribution in [-0.2, 0) is 4.79 Å². The summed E-state index contributed by atoms with van der Waals surface area (Å²) in [6.45, 7) is 0.377. The molecular formula is C16H10N2O4S2. The smallest absolute Gasteiger partial charge is 0.336 e. The predicted molar refractivity (Wildman–Crippen MR) is 92.9 cm³/mol. The van der Waals surface area contributed by atoms with E-state index < -0.39 is 5.97 Å². The number of nitrogens with zero attached hydrogens (tertiary/aromatic N) is 2. The third-order valence-electron chi connectivity index (χ3n) is 3.06. The molecule has 1 N–H and O–H groups in total. The Morgan fingerprint density at radius 2 is 1.88 bits per heavy atom. The number of hydrogen-bond donors (Lipinski definition) is 1. The fraction of sp³-hybridized carbons (Fsp3) is 0. The van der Waals surface area contributed by atoms with Gasteiger partial charge in [-0.2, -0.15) is 0 Å². The van der Waals surface area contributed by atoms with Crippen molar-refractivity contribution in [3.05, 3.63) is 52.9 Å². The van der Waals surface area contributed by atoms with Crippen molar-refractivity contribution in [2.45, 2.75) is 0 Å². The molecule has 0 aromatic carbocycles. The number of carbonyl (C=O) groups excluding carboxylic acids is 1. The molecule has 4 heterocycles. The van der Waals surface area contributed by atoms with Gasteiger partial charge in [0.2, 0.25) is 5.88 Å². The highest BCUT2D eigenvalue weighted by Gasteiger charge is 2.08. The lowest BCUT2D eigenvalue weighted by atomic mass is 10.2. The van der Waals surface area contributed by atoms with E-state index in [1.807, 2.05) is 22.9 Å². The van der Waals surface area contributed by atoms with Gasteiger partial charge in [0.25, 0.3) is 6.47 Å². The van der Waals surface area contributed by atoms with Crippen molar-refractivity contribution in [3.63, 3.8) is 0 Å². The minimum atomic E-state index is -0.902. The average Bonchev–Trinajstić information content (AvgIpc) is 3.23. The number of thiophene rings is 2. The molecule has 0 amide bonds. The lowest BCUT2D eigenvalue weighted by Gasteiger charge is -1.94. The molecule has 0 saturated heterocycles. The molecule has 0 spiro atoms. The van der Waals surface area contributed by atoms with E-state index in [0.717, 1.165) is 20.4 Å². The summed E-state index contributed by atoms with van der Waals surface area (Å²) in [6.07, 6.45) is 1.52. The van der Waals surface area contributed by atoms with E-state index in [-0.39, 0.29) is 0 Å². The Labute approximate surface area is 144 Å². The summed E-state index contributed by atoms with van der Waals surface area (Å²) in [4.78, 5) is 30.5. The molecule has 24 heavy (non-hydrogen) atoms. The molecule has 0 saturated carbocycles. The largest absolute Gasteiger partial charge is 0.478 e. The fourth-order valence-electron chi connectivity index (χ4n) is 2.00. The van der Waals surface area contributed by atoms with Crippen molar-refractivity contribution >= 4 is 55.5 Å². The Balaban J connectivity index is 0.000000141. The minimum absolute atomic E-state index is 0.321. The molecule has 0 radical (unpaired) electrons. The Morgan fingerprint density at radius 3 is 2.67 bits per heavy atom. The Morgan fingerprint density at radius 1 is 1.08 bits per heavy atom. The summed E-state index contributed by atoms with van der Waals surface area (Å²) in [7, 11) is 0. The van der Waals surface area contributed by atoms with Crippen LogP contribution in [0.5, 0.6) is 5.88 Å². The third kappa shape index (κ3) is 3.39. The SMILES string of the molecule is O=C(O)c1ccnc2sccc12.O=COc1ccc2ccsc2n1. The van der Waals surface area contributed by atoms with Gasteiger partial charge < -0.3 is 9.84 Å². The van der Waals surface area contributed by atoms with Gasteiger partial charge in [0.05, 0.1) is 5.56 Å². The van der Waals surface area contributed by atoms with Crippen LogP contribution in [0.25, 0.3) is 20.4 Å². The summed E-state index contributed by atoms with van der Waals surface area (Å²) in [6, 6.07) is 8.80. The number of aromatic carboxylic acids is 1. The molecule has 0 aliphatic heterocycles. The Bertz CT molecular complexity index is 1010. The molecule has 120 valence electrons. The number of fused-ring (bicyclic) bond motifs is 2. The first-order valence-electron chi connectivity index (χ1n) is 6.69. The van der Waals surface area contributed by atoms with Gasteiger partial charge in [0.1, 0.15) is 9.66 Å². The monoisotopic (exact) mass is 358 g/mol. The Kier molecular flexibility index (Phi) is 4.78. The van der Waals surface area contributed by atoms with Gasteiger partial charge in [-0.25, -0.2) is 14.8 Å². The van der Waals surface area contributed by atoms with Crippen LogP contribution in [0.4, 0.5) is 0 Å². The fourth-order valence-corrected chi connectivity index (χ4v) is 3.52. The molecule has 4 aromatic rings. The van der Waals surface area contributed by atoms with Crippen molar-refractivity contribution in [1.29, 1.82) is 0 Å². The normalized spacial score (nSPS) is 10.2. The van der Waals surface area contributed by atoms with Crippen LogP contribution in [0.1, 0.15) is 10.4 Å². The maximum atomic E-state index is 10.7. The van der Waals surface area contributed by atoms with Gasteiger partial charge in [0, 0.05) is 23.0 Å². The van der Waals surface area contributed by atoms with Crippen LogP contribution in [0.2, 0.25) is 0 Å². The number of carboxylic acids is 1. The number of aromatic nitrogens is 2. The second-order valence-corrected chi connectivity index (χ2v) is 6.27. The molecule has 0 aliphatic rings. The number of rotatable bonds is 3. The highest BCUT2D eigenvalue weighted by Crippen LogP contribution is 2.22. The Hall–Kier alpha value is -2.84. The van der Waals surface area contributed by atoms with E-state index in [4.69, 9.17) is 5.11 Å². The molecule has 0 aliphatic carbocycles. The van der Waals surface area contributed by atoms with Crippen LogP contribution in [0, 0.1) is 0 Å². The molecule has 0 fully saturated rings. The van der Waals surface area contributed by atoms with Gasteiger partial charge >= 0.3 is 5.97 Å². The first-order valence-corrected chi connectivity index (χ1v) is 8.45. The average molecular weight is 358 g/mol. The van der Waals surface area contributed by atoms with E-state index in [1.165, 1.54) is 34.9 Å². The number of carbonyl (C=O) groups is 2. The second kappa shape index (κ2) is 7.16. The lowest BCUT2D eigenvalue weighted by Crippen LogP contribution is -1.96. The maximum absolute atomic E-state index is 10.7. The zero-order valence-corrected chi connectivity index (χ0v) is 13.7. The molecule has 0 atom stereocenters. The highest BCUT2D eigenvalue weighted by atomic mass is 32.1. The molecular weight excluding hydrogens is 348 g/mol. The van der Waals surface area contributed by atoms with Gasteiger partial charge in [-0.1, -0.05) is 0 Å². The van der Waals surface area contributed by atoms with Crippen LogP contribution >= 0.6 is 22.7 Å². The summed E-state index contributed by atoms with van der Waals surface area (Å²) in [5.74, 6) is -0.555. The van der Waals surface area contributed by atoms with Gasteiger partial charge in [-0.05, 0) is 35.0 Å².